The highest BCUT2D eigenvalue weighted by Crippen LogP contribution is 2.24. The molecule has 2 heterocycles. The van der Waals surface area contributed by atoms with Crippen LogP contribution in [-0.4, -0.2) is 55.3 Å². The van der Waals surface area contributed by atoms with Crippen LogP contribution in [0.5, 0.6) is 5.75 Å². The number of phenolic OH excluding ortho intramolecular Hbond substituents is 1. The van der Waals surface area contributed by atoms with Gasteiger partial charge in [0.2, 0.25) is 0 Å². The summed E-state index contributed by atoms with van der Waals surface area (Å²) in [5, 5.41) is 9.40. The van der Waals surface area contributed by atoms with Crippen molar-refractivity contribution in [3.8, 4) is 5.75 Å². The minimum Gasteiger partial charge on any atom is -0.508 e. The second kappa shape index (κ2) is 8.01. The monoisotopic (exact) mass is 366 g/mol. The highest BCUT2D eigenvalue weighted by Gasteiger charge is 2.27. The van der Waals surface area contributed by atoms with E-state index in [2.05, 4.69) is 4.90 Å². The van der Waals surface area contributed by atoms with Gasteiger partial charge in [-0.05, 0) is 60.7 Å². The van der Waals surface area contributed by atoms with Gasteiger partial charge in [-0.25, -0.2) is 0 Å². The molecule has 142 valence electrons. The number of hydrogen-bond donors (Lipinski definition) is 1. The van der Waals surface area contributed by atoms with Crippen LogP contribution in [0.4, 0.5) is 5.69 Å². The van der Waals surface area contributed by atoms with Crippen LogP contribution in [0.3, 0.4) is 0 Å². The van der Waals surface area contributed by atoms with Crippen LogP contribution in [-0.2, 0) is 11.2 Å². The predicted octanol–water partition coefficient (Wildman–Crippen LogP) is 2.93. The average Bonchev–Trinajstić information content (AvgIpc) is 3.18. The first-order valence-corrected chi connectivity index (χ1v) is 9.69. The summed E-state index contributed by atoms with van der Waals surface area (Å²) >= 11 is 0. The number of ether oxygens (including phenoxy) is 1. The summed E-state index contributed by atoms with van der Waals surface area (Å²) in [5.74, 6) is 0.894. The van der Waals surface area contributed by atoms with Crippen LogP contribution in [0.25, 0.3) is 0 Å². The Morgan fingerprint density at radius 3 is 2.41 bits per heavy atom. The molecule has 5 heteroatoms. The molecule has 2 aliphatic rings. The largest absolute Gasteiger partial charge is 0.508 e. The van der Waals surface area contributed by atoms with Crippen molar-refractivity contribution in [2.75, 3.05) is 44.3 Å². The molecular weight excluding hydrogens is 340 g/mol. The summed E-state index contributed by atoms with van der Waals surface area (Å²) in [6.45, 7) is 4.93. The van der Waals surface area contributed by atoms with E-state index in [1.807, 2.05) is 41.3 Å². The Balaban J connectivity index is 1.34. The van der Waals surface area contributed by atoms with Crippen molar-refractivity contribution in [2.24, 2.45) is 5.92 Å². The number of aromatic hydroxyl groups is 1. The van der Waals surface area contributed by atoms with Gasteiger partial charge in [-0.1, -0.05) is 12.1 Å². The fourth-order valence-corrected chi connectivity index (χ4v) is 3.97. The molecule has 0 bridgehead atoms. The third-order valence-electron chi connectivity index (χ3n) is 5.52. The van der Waals surface area contributed by atoms with Crippen molar-refractivity contribution < 1.29 is 14.6 Å². The number of rotatable bonds is 4. The van der Waals surface area contributed by atoms with Crippen molar-refractivity contribution in [1.29, 1.82) is 0 Å². The molecular formula is C22H26N2O3. The topological polar surface area (TPSA) is 53.0 Å². The van der Waals surface area contributed by atoms with Crippen molar-refractivity contribution in [1.82, 2.24) is 4.90 Å². The zero-order valence-electron chi connectivity index (χ0n) is 15.5. The van der Waals surface area contributed by atoms with E-state index in [4.69, 9.17) is 4.74 Å². The van der Waals surface area contributed by atoms with Crippen LogP contribution in [0.1, 0.15) is 22.3 Å². The number of carbonyl (C=O) groups is 1. The van der Waals surface area contributed by atoms with E-state index in [1.165, 1.54) is 5.56 Å². The lowest BCUT2D eigenvalue weighted by Crippen LogP contribution is -2.36. The summed E-state index contributed by atoms with van der Waals surface area (Å²) in [7, 11) is 0. The normalized spacial score (nSPS) is 20.1. The highest BCUT2D eigenvalue weighted by atomic mass is 16.5. The minimum absolute atomic E-state index is 0.122. The summed E-state index contributed by atoms with van der Waals surface area (Å²) in [5.41, 5.74) is 3.13. The Kier molecular flexibility index (Phi) is 5.30. The van der Waals surface area contributed by atoms with Gasteiger partial charge in [-0.15, -0.1) is 0 Å². The third-order valence-corrected chi connectivity index (χ3v) is 5.52. The summed E-state index contributed by atoms with van der Waals surface area (Å²) in [6, 6.07) is 15.4. The molecule has 1 atom stereocenters. The second-order valence-corrected chi connectivity index (χ2v) is 7.42. The molecule has 1 amide bonds. The molecule has 1 N–H and O–H groups in total. The molecule has 0 aliphatic carbocycles. The zero-order valence-corrected chi connectivity index (χ0v) is 15.5. The first kappa shape index (κ1) is 17.9. The Morgan fingerprint density at radius 1 is 1.00 bits per heavy atom. The molecule has 0 radical (unpaired) electrons. The molecule has 2 saturated heterocycles. The maximum Gasteiger partial charge on any atom is 0.253 e. The molecule has 2 fully saturated rings. The number of hydrogen-bond acceptors (Lipinski definition) is 4. The average molecular weight is 366 g/mol. The molecule has 2 aromatic rings. The SMILES string of the molecule is O=C(c1ccc(N2CCOCC2)cc1)N1CCC(Cc2ccc(O)cc2)C1. The van der Waals surface area contributed by atoms with Crippen molar-refractivity contribution in [3.63, 3.8) is 0 Å². The summed E-state index contributed by atoms with van der Waals surface area (Å²) in [4.78, 5) is 17.1. The van der Waals surface area contributed by atoms with Crippen LogP contribution >= 0.6 is 0 Å². The van der Waals surface area contributed by atoms with Crippen LogP contribution in [0.2, 0.25) is 0 Å². The molecule has 1 unspecified atom stereocenters. The fraction of sp³-hybridized carbons (Fsp3) is 0.409. The molecule has 0 saturated carbocycles. The van der Waals surface area contributed by atoms with Gasteiger partial charge in [-0.3, -0.25) is 4.79 Å². The van der Waals surface area contributed by atoms with E-state index in [-0.39, 0.29) is 5.91 Å². The van der Waals surface area contributed by atoms with Gasteiger partial charge in [0.05, 0.1) is 13.2 Å². The molecule has 0 spiro atoms. The standard InChI is InChI=1S/C22H26N2O3/c25-21-7-1-17(2-8-21)15-18-9-10-24(16-18)22(26)19-3-5-20(6-4-19)23-11-13-27-14-12-23/h1-8,18,25H,9-16H2. The first-order valence-electron chi connectivity index (χ1n) is 9.69. The van der Waals surface area contributed by atoms with E-state index < -0.39 is 0 Å². The predicted molar refractivity (Wildman–Crippen MR) is 105 cm³/mol. The van der Waals surface area contributed by atoms with Crippen LogP contribution in [0.15, 0.2) is 48.5 Å². The fourth-order valence-electron chi connectivity index (χ4n) is 3.97. The number of nitrogens with zero attached hydrogens (tertiary/aromatic N) is 2. The van der Waals surface area contributed by atoms with E-state index in [9.17, 15) is 9.90 Å². The molecule has 27 heavy (non-hydrogen) atoms. The molecule has 2 aliphatic heterocycles. The Bertz CT molecular complexity index is 767. The first-order chi connectivity index (χ1) is 13.2. The van der Waals surface area contributed by atoms with Crippen LogP contribution in [0, 0.1) is 5.92 Å². The summed E-state index contributed by atoms with van der Waals surface area (Å²) < 4.78 is 5.39. The lowest BCUT2D eigenvalue weighted by atomic mass is 9.99. The maximum atomic E-state index is 12.8. The van der Waals surface area contributed by atoms with Gasteiger partial charge >= 0.3 is 0 Å². The maximum absolute atomic E-state index is 12.8. The quantitative estimate of drug-likeness (QED) is 0.904. The zero-order chi connectivity index (χ0) is 18.6. The van der Waals surface area contributed by atoms with Gasteiger partial charge in [0.1, 0.15) is 5.75 Å². The molecule has 2 aromatic carbocycles. The van der Waals surface area contributed by atoms with Gasteiger partial charge < -0.3 is 19.6 Å². The highest BCUT2D eigenvalue weighted by molar-refractivity contribution is 5.94. The Labute approximate surface area is 160 Å². The van der Waals surface area contributed by atoms with Crippen molar-refractivity contribution >= 4 is 11.6 Å². The lowest BCUT2D eigenvalue weighted by Gasteiger charge is -2.29. The molecule has 4 rings (SSSR count). The number of benzene rings is 2. The number of anilines is 1. The lowest BCUT2D eigenvalue weighted by molar-refractivity contribution is 0.0787. The van der Waals surface area contributed by atoms with E-state index in [1.54, 1.807) is 12.1 Å². The van der Waals surface area contributed by atoms with Crippen molar-refractivity contribution in [2.45, 2.75) is 12.8 Å². The third kappa shape index (κ3) is 4.25. The van der Waals surface area contributed by atoms with Gasteiger partial charge in [0.15, 0.2) is 0 Å². The number of amides is 1. The van der Waals surface area contributed by atoms with Crippen molar-refractivity contribution in [3.05, 3.63) is 59.7 Å². The Morgan fingerprint density at radius 2 is 1.70 bits per heavy atom. The number of morpholine rings is 1. The van der Waals surface area contributed by atoms with Crippen LogP contribution < -0.4 is 4.90 Å². The molecule has 0 aromatic heterocycles. The minimum atomic E-state index is 0.122. The number of carbonyl (C=O) groups excluding carboxylic acids is 1. The second-order valence-electron chi connectivity index (χ2n) is 7.42. The summed E-state index contributed by atoms with van der Waals surface area (Å²) in [6.07, 6.45) is 1.97. The van der Waals surface area contributed by atoms with E-state index in [0.29, 0.717) is 11.7 Å². The van der Waals surface area contributed by atoms with E-state index in [0.717, 1.165) is 63.5 Å². The number of phenols is 1. The number of likely N-dealkylation sites (tertiary alicyclic amines) is 1. The van der Waals surface area contributed by atoms with Gasteiger partial charge in [0, 0.05) is 37.4 Å². The smallest absolute Gasteiger partial charge is 0.253 e. The van der Waals surface area contributed by atoms with Gasteiger partial charge in [-0.2, -0.15) is 0 Å². The van der Waals surface area contributed by atoms with Gasteiger partial charge in [0.25, 0.3) is 5.91 Å². The Hall–Kier alpha value is -2.53. The van der Waals surface area contributed by atoms with E-state index >= 15 is 0 Å². The molecule has 5 nitrogen and oxygen atoms in total.